The molecule has 0 spiro atoms. The predicted octanol–water partition coefficient (Wildman–Crippen LogP) is -5.83. The van der Waals surface area contributed by atoms with E-state index in [-0.39, 0.29) is 94.9 Å². The summed E-state index contributed by atoms with van der Waals surface area (Å²) < 4.78 is 0. The highest BCUT2D eigenvalue weighted by molar-refractivity contribution is 7.80. The smallest absolute Gasteiger partial charge is 0.326 e. The molecule has 4 aliphatic heterocycles. The fourth-order valence-electron chi connectivity index (χ4n) is 10.8. The summed E-state index contributed by atoms with van der Waals surface area (Å²) in [5, 5.41) is 66.0. The molecule has 87 heavy (non-hydrogen) atoms. The van der Waals surface area contributed by atoms with Crippen molar-refractivity contribution in [3.05, 3.63) is 29.8 Å². The molecule has 0 saturated carbocycles. The lowest BCUT2D eigenvalue weighted by Crippen LogP contribution is -2.60. The number of carbonyl (C=O) groups excluding carboxylic acids is 11. The normalized spacial score (nSPS) is 20.6. The van der Waals surface area contributed by atoms with E-state index in [1.54, 1.807) is 0 Å². The first kappa shape index (κ1) is 70.4. The van der Waals surface area contributed by atoms with Crippen molar-refractivity contribution in [1.29, 1.82) is 0 Å². The number of hydrogen-bond donors (Lipinski definition) is 16. The number of phenols is 1. The van der Waals surface area contributed by atoms with Crippen LogP contribution < -0.4 is 48.7 Å². The number of unbranched alkanes of at least 4 members (excludes halogenated alkanes) is 1. The van der Waals surface area contributed by atoms with Crippen LogP contribution >= 0.6 is 25.3 Å². The van der Waals surface area contributed by atoms with Crippen molar-refractivity contribution >= 4 is 102 Å². The molecule has 0 aliphatic carbocycles. The molecule has 11 atom stereocenters. The summed E-state index contributed by atoms with van der Waals surface area (Å²) in [4.78, 5) is 178. The molecular weight excluding hydrogens is 1180 g/mol. The van der Waals surface area contributed by atoms with Crippen LogP contribution in [0.4, 0.5) is 0 Å². The number of aliphatic hydroxyl groups is 2. The largest absolute Gasteiger partial charge is 0.508 e. The molecule has 33 heteroatoms. The van der Waals surface area contributed by atoms with Gasteiger partial charge in [0.2, 0.25) is 65.0 Å². The molecule has 16 N–H and O–H groups in total. The van der Waals surface area contributed by atoms with Gasteiger partial charge in [-0.2, -0.15) is 25.3 Å². The van der Waals surface area contributed by atoms with Crippen molar-refractivity contribution in [2.75, 3.05) is 64.0 Å². The topological polar surface area (TPSA) is 472 Å². The number of nitrogens with zero attached hydrogens (tertiary/aromatic N) is 4. The Morgan fingerprint density at radius 1 is 0.540 bits per heavy atom. The molecule has 4 fully saturated rings. The maximum Gasteiger partial charge on any atom is 0.326 e. The third-order valence-corrected chi connectivity index (χ3v) is 16.3. The van der Waals surface area contributed by atoms with Crippen molar-refractivity contribution in [3.8, 4) is 5.75 Å². The van der Waals surface area contributed by atoms with Crippen LogP contribution in [0, 0.1) is 0 Å². The summed E-state index contributed by atoms with van der Waals surface area (Å²) in [6.45, 7) is -1.83. The molecule has 0 radical (unpaired) electrons. The van der Waals surface area contributed by atoms with E-state index in [1.807, 2.05) is 0 Å². The number of hydrogen-bond acceptors (Lipinski definition) is 20. The lowest BCUT2D eigenvalue weighted by molar-refractivity contribution is -0.149. The van der Waals surface area contributed by atoms with Gasteiger partial charge in [-0.25, -0.2) is 4.79 Å². The van der Waals surface area contributed by atoms with Gasteiger partial charge in [0.25, 0.3) is 0 Å². The number of aromatic hydroxyl groups is 1. The van der Waals surface area contributed by atoms with Gasteiger partial charge in [-0.05, 0) is 101 Å². The Balaban J connectivity index is 1.20. The van der Waals surface area contributed by atoms with Crippen LogP contribution in [0.25, 0.3) is 0 Å². The van der Waals surface area contributed by atoms with Gasteiger partial charge < -0.3 is 93.8 Å². The Morgan fingerprint density at radius 2 is 1.00 bits per heavy atom. The fourth-order valence-corrected chi connectivity index (χ4v) is 11.3. The molecule has 0 aromatic heterocycles. The monoisotopic (exact) mass is 1260 g/mol. The predicted molar refractivity (Wildman–Crippen MR) is 313 cm³/mol. The highest BCUT2D eigenvalue weighted by Crippen LogP contribution is 2.27. The van der Waals surface area contributed by atoms with Crippen LogP contribution in [0.1, 0.15) is 89.0 Å². The number of aliphatic hydroxyl groups excluding tert-OH is 2. The zero-order valence-electron chi connectivity index (χ0n) is 48.0. The van der Waals surface area contributed by atoms with E-state index in [2.05, 4.69) is 62.5 Å². The third kappa shape index (κ3) is 19.6. The fraction of sp³-hybridized carbons (Fsp3) is 0.648. The minimum atomic E-state index is -1.62. The van der Waals surface area contributed by atoms with Gasteiger partial charge in [-0.3, -0.25) is 57.5 Å². The molecule has 1 aromatic rings. The Bertz CT molecular complexity index is 2660. The molecule has 1 aromatic carbocycles. The lowest BCUT2D eigenvalue weighted by Gasteiger charge is -2.33. The van der Waals surface area contributed by atoms with Gasteiger partial charge in [-0.1, -0.05) is 12.1 Å². The second-order valence-electron chi connectivity index (χ2n) is 21.7. The van der Waals surface area contributed by atoms with E-state index in [0.29, 0.717) is 44.1 Å². The van der Waals surface area contributed by atoms with E-state index in [4.69, 9.17) is 16.6 Å². The highest BCUT2D eigenvalue weighted by atomic mass is 32.1. The summed E-state index contributed by atoms with van der Waals surface area (Å²) >= 11 is 8.47. The average Bonchev–Trinajstić information content (AvgIpc) is 2.90. The van der Waals surface area contributed by atoms with E-state index in [0.717, 1.165) is 4.90 Å². The van der Waals surface area contributed by atoms with Gasteiger partial charge in [0.1, 0.15) is 66.2 Å². The molecular formula is C54H81N13O18S2. The molecule has 482 valence electrons. The van der Waals surface area contributed by atoms with Crippen molar-refractivity contribution in [1.82, 2.24) is 56.8 Å². The Kier molecular flexibility index (Phi) is 27.7. The summed E-state index contributed by atoms with van der Waals surface area (Å²) in [5.41, 5.74) is 11.9. The first-order chi connectivity index (χ1) is 41.5. The summed E-state index contributed by atoms with van der Waals surface area (Å²) in [6.07, 6.45) is 2.09. The van der Waals surface area contributed by atoms with E-state index in [9.17, 15) is 82.8 Å². The third-order valence-electron chi connectivity index (χ3n) is 15.6. The van der Waals surface area contributed by atoms with Crippen molar-refractivity contribution < 1.29 is 87.9 Å². The molecule has 5 rings (SSSR count). The molecule has 4 saturated heterocycles. The van der Waals surface area contributed by atoms with Crippen LogP contribution in [-0.2, 0) is 68.7 Å². The second-order valence-corrected chi connectivity index (χ2v) is 22.4. The molecule has 11 amide bonds. The Morgan fingerprint density at radius 3 is 1.55 bits per heavy atom. The SMILES string of the molecule is NCCCC[C@H](NC(=O)[C@H](CO)NC(=O)[C@@H](N)CCC(=O)O)C(=O)N[C@@H](Cc1ccc(O)cc1)C(=O)NCC(=O)N1CCC[C@H]1C(=O)N1CCC[C@H]1C(=O)N[C@@H](CS)C(=O)N1CCC[C@H]1C(=O)N[C@@H](CO)C(=O)N[C@@H](CS)C(=O)N1CCC[C@H]1C(=O)O. The zero-order chi connectivity index (χ0) is 64.1. The summed E-state index contributed by atoms with van der Waals surface area (Å²) in [5.74, 6) is -11.8. The number of thiol groups is 2. The standard InChI is InChI=1S/C54H81N13O18S2/c55-18-2-1-7-32(58-47(77)34(25-68)60-44(74)31(56)16-17-43(72)73)46(76)59-33(23-29-12-14-30(70)15-13-29)45(75)57-24-42(71)64-19-5-10-40(64)53(83)66-21-4-9-39(66)50(80)63-37(28-87)51(81)65-20-3-8-38(65)49(79)61-35(26-69)48(78)62-36(27-86)52(82)67-22-6-11-41(67)54(84)85/h12-15,31-41,68-70,86-87H,1-11,16-28,55-56H2,(H,57,75)(H,58,77)(H,59,76)(H,60,74)(H,61,79)(H,62,78)(H,63,80)(H,72,73)(H,84,85)/t31-,32-,33-,34-,35-,36-,37-,38-,39-,40-,41-/m0/s1. The van der Waals surface area contributed by atoms with Gasteiger partial charge in [0, 0.05) is 50.5 Å². The number of benzene rings is 1. The summed E-state index contributed by atoms with van der Waals surface area (Å²) in [6, 6.07) is -8.63. The number of carboxylic acids is 2. The lowest BCUT2D eigenvalue weighted by atomic mass is 10.0. The van der Waals surface area contributed by atoms with Crippen molar-refractivity contribution in [2.45, 2.75) is 156 Å². The van der Waals surface area contributed by atoms with E-state index < -0.39 is 170 Å². The second kappa shape index (κ2) is 34.3. The molecule has 0 unspecified atom stereocenters. The Hall–Kier alpha value is -7.33. The average molecular weight is 1260 g/mol. The molecule has 31 nitrogen and oxygen atoms in total. The van der Waals surface area contributed by atoms with Crippen molar-refractivity contribution in [2.24, 2.45) is 11.5 Å². The minimum absolute atomic E-state index is 0.0220. The number of phenolic OH excluding ortho intramolecular Hbond substituents is 1. The highest BCUT2D eigenvalue weighted by Gasteiger charge is 2.45. The number of nitrogens with two attached hydrogens (primary N) is 2. The molecule has 4 heterocycles. The maximum absolute atomic E-state index is 14.4. The number of rotatable bonds is 32. The van der Waals surface area contributed by atoms with Gasteiger partial charge >= 0.3 is 11.9 Å². The van der Waals surface area contributed by atoms with Gasteiger partial charge in [-0.15, -0.1) is 0 Å². The minimum Gasteiger partial charge on any atom is -0.508 e. The number of amides is 11. The first-order valence-corrected chi connectivity index (χ1v) is 30.2. The number of likely N-dealkylation sites (tertiary alicyclic amines) is 4. The molecule has 0 bridgehead atoms. The molecule has 4 aliphatic rings. The maximum atomic E-state index is 14.4. The first-order valence-electron chi connectivity index (χ1n) is 28.9. The van der Waals surface area contributed by atoms with E-state index in [1.165, 1.54) is 39.0 Å². The van der Waals surface area contributed by atoms with Crippen LogP contribution in [0.15, 0.2) is 24.3 Å². The number of carboxylic acid groups (broad SMARTS) is 2. The van der Waals surface area contributed by atoms with Crippen LogP contribution in [0.5, 0.6) is 5.75 Å². The number of aliphatic carboxylic acids is 2. The van der Waals surface area contributed by atoms with Gasteiger partial charge in [0.05, 0.1) is 25.8 Å². The zero-order valence-corrected chi connectivity index (χ0v) is 49.8. The number of nitrogens with one attached hydrogen (secondary N) is 7. The van der Waals surface area contributed by atoms with Gasteiger partial charge in [0.15, 0.2) is 0 Å². The van der Waals surface area contributed by atoms with Crippen LogP contribution in [-0.4, -0.2) is 252 Å². The van der Waals surface area contributed by atoms with Crippen LogP contribution in [0.2, 0.25) is 0 Å². The number of carbonyl (C=O) groups is 13. The van der Waals surface area contributed by atoms with E-state index >= 15 is 0 Å². The quantitative estimate of drug-likeness (QED) is 0.0236. The van der Waals surface area contributed by atoms with Crippen LogP contribution in [0.3, 0.4) is 0 Å². The Labute approximate surface area is 512 Å². The summed E-state index contributed by atoms with van der Waals surface area (Å²) in [7, 11) is 0. The van der Waals surface area contributed by atoms with Crippen molar-refractivity contribution in [3.63, 3.8) is 0 Å².